The maximum atomic E-state index is 12.2. The van der Waals surface area contributed by atoms with Gasteiger partial charge < -0.3 is 15.4 Å². The Bertz CT molecular complexity index is 887. The lowest BCUT2D eigenvalue weighted by Crippen LogP contribution is -2.36. The first kappa shape index (κ1) is 25.3. The molecule has 2 aromatic carbocycles. The quantitative estimate of drug-likeness (QED) is 0.200. The van der Waals surface area contributed by atoms with Gasteiger partial charge >= 0.3 is 0 Å². The lowest BCUT2D eigenvalue weighted by atomic mass is 10.1. The predicted molar refractivity (Wildman–Crippen MR) is 127 cm³/mol. The molecule has 0 spiro atoms. The Morgan fingerprint density at radius 2 is 1.69 bits per heavy atom. The first-order chi connectivity index (χ1) is 13.4. The van der Waals surface area contributed by atoms with E-state index < -0.39 is 10.0 Å². The molecule has 160 valence electrons. The average molecular weight is 532 g/mol. The van der Waals surface area contributed by atoms with Gasteiger partial charge in [0.25, 0.3) is 0 Å². The van der Waals surface area contributed by atoms with Gasteiger partial charge in [-0.15, -0.1) is 24.0 Å². The Morgan fingerprint density at radius 3 is 2.28 bits per heavy atom. The summed E-state index contributed by atoms with van der Waals surface area (Å²) in [5.74, 6) is 0.680. The maximum absolute atomic E-state index is 12.2. The molecule has 0 radical (unpaired) electrons. The zero-order valence-electron chi connectivity index (χ0n) is 16.9. The number of hydrogen-bond donors (Lipinski definition) is 3. The number of nitrogens with zero attached hydrogens (tertiary/aromatic N) is 1. The number of guanidine groups is 1. The van der Waals surface area contributed by atoms with Crippen LogP contribution in [0.2, 0.25) is 0 Å². The molecule has 7 nitrogen and oxygen atoms in total. The SMILES string of the molecule is CN=C(NCc1ccc(S(=O)(=O)NCCOC)cc1)NCc1cccc(C)c1.I. The van der Waals surface area contributed by atoms with Crippen LogP contribution in [-0.4, -0.2) is 41.7 Å². The summed E-state index contributed by atoms with van der Waals surface area (Å²) in [6.07, 6.45) is 0. The van der Waals surface area contributed by atoms with Gasteiger partial charge in [-0.3, -0.25) is 4.99 Å². The largest absolute Gasteiger partial charge is 0.383 e. The lowest BCUT2D eigenvalue weighted by molar-refractivity contribution is 0.204. The molecule has 0 saturated heterocycles. The number of rotatable bonds is 9. The van der Waals surface area contributed by atoms with Crippen molar-refractivity contribution in [2.75, 3.05) is 27.3 Å². The van der Waals surface area contributed by atoms with Crippen molar-refractivity contribution in [1.82, 2.24) is 15.4 Å². The smallest absolute Gasteiger partial charge is 0.240 e. The summed E-state index contributed by atoms with van der Waals surface area (Å²) in [5, 5.41) is 6.50. The van der Waals surface area contributed by atoms with E-state index in [0.29, 0.717) is 25.7 Å². The van der Waals surface area contributed by atoms with E-state index in [-0.39, 0.29) is 35.4 Å². The first-order valence-electron chi connectivity index (χ1n) is 9.02. The minimum Gasteiger partial charge on any atom is -0.383 e. The molecule has 2 rings (SSSR count). The van der Waals surface area contributed by atoms with Crippen molar-refractivity contribution in [3.05, 3.63) is 65.2 Å². The number of aliphatic imine (C=N–C) groups is 1. The molecule has 29 heavy (non-hydrogen) atoms. The van der Waals surface area contributed by atoms with Crippen molar-refractivity contribution < 1.29 is 13.2 Å². The topological polar surface area (TPSA) is 91.8 Å². The van der Waals surface area contributed by atoms with E-state index in [2.05, 4.69) is 45.5 Å². The fourth-order valence-electron chi connectivity index (χ4n) is 2.56. The number of ether oxygens (including phenoxy) is 1. The number of sulfonamides is 1. The third kappa shape index (κ3) is 8.69. The van der Waals surface area contributed by atoms with Crippen molar-refractivity contribution in [2.24, 2.45) is 4.99 Å². The van der Waals surface area contributed by atoms with Gasteiger partial charge in [0.2, 0.25) is 10.0 Å². The number of hydrogen-bond acceptors (Lipinski definition) is 4. The number of nitrogens with one attached hydrogen (secondary N) is 3. The second kappa shape index (κ2) is 12.8. The third-order valence-corrected chi connectivity index (χ3v) is 5.53. The molecule has 0 unspecified atom stereocenters. The number of benzene rings is 2. The highest BCUT2D eigenvalue weighted by atomic mass is 127. The van der Waals surface area contributed by atoms with Crippen molar-refractivity contribution in [3.63, 3.8) is 0 Å². The van der Waals surface area contributed by atoms with Gasteiger partial charge in [0.15, 0.2) is 5.96 Å². The Labute approximate surface area is 190 Å². The van der Waals surface area contributed by atoms with E-state index in [9.17, 15) is 8.42 Å². The van der Waals surface area contributed by atoms with Gasteiger partial charge in [-0.25, -0.2) is 13.1 Å². The van der Waals surface area contributed by atoms with Gasteiger partial charge in [0.05, 0.1) is 11.5 Å². The van der Waals surface area contributed by atoms with Crippen LogP contribution in [0.5, 0.6) is 0 Å². The highest BCUT2D eigenvalue weighted by molar-refractivity contribution is 14.0. The molecular weight excluding hydrogens is 503 g/mol. The molecule has 0 bridgehead atoms. The van der Waals surface area contributed by atoms with E-state index >= 15 is 0 Å². The van der Waals surface area contributed by atoms with Crippen LogP contribution in [0.4, 0.5) is 0 Å². The summed E-state index contributed by atoms with van der Waals surface area (Å²) in [6, 6.07) is 15.0. The standard InChI is InChI=1S/C20H28N4O3S.HI/c1-16-5-4-6-18(13-16)15-23-20(21-2)22-14-17-7-9-19(10-8-17)28(25,26)24-11-12-27-3;/h4-10,13,24H,11-12,14-15H2,1-3H3,(H2,21,22,23);1H. The number of aryl methyl sites for hydroxylation is 1. The molecule has 2 aromatic rings. The summed E-state index contributed by atoms with van der Waals surface area (Å²) in [5.41, 5.74) is 3.35. The zero-order chi connectivity index (χ0) is 20.4. The van der Waals surface area contributed by atoms with Crippen LogP contribution in [0.3, 0.4) is 0 Å². The van der Waals surface area contributed by atoms with Gasteiger partial charge in [-0.2, -0.15) is 0 Å². The molecular formula is C20H29IN4O3S. The molecule has 3 N–H and O–H groups in total. The van der Waals surface area contributed by atoms with Gasteiger partial charge in [-0.05, 0) is 30.2 Å². The summed E-state index contributed by atoms with van der Waals surface area (Å²) >= 11 is 0. The van der Waals surface area contributed by atoms with Crippen LogP contribution in [0, 0.1) is 6.92 Å². The van der Waals surface area contributed by atoms with E-state index in [1.54, 1.807) is 31.3 Å². The molecule has 0 fully saturated rings. The molecule has 0 saturated carbocycles. The van der Waals surface area contributed by atoms with Crippen LogP contribution in [0.1, 0.15) is 16.7 Å². The third-order valence-electron chi connectivity index (χ3n) is 4.06. The van der Waals surface area contributed by atoms with Crippen LogP contribution < -0.4 is 15.4 Å². The van der Waals surface area contributed by atoms with E-state index in [1.807, 2.05) is 6.07 Å². The fraction of sp³-hybridized carbons (Fsp3) is 0.350. The Kier molecular flexibility index (Phi) is 11.2. The zero-order valence-corrected chi connectivity index (χ0v) is 20.1. The predicted octanol–water partition coefficient (Wildman–Crippen LogP) is 2.40. The Morgan fingerprint density at radius 1 is 1.03 bits per heavy atom. The van der Waals surface area contributed by atoms with Crippen molar-refractivity contribution in [1.29, 1.82) is 0 Å². The van der Waals surface area contributed by atoms with Crippen LogP contribution in [-0.2, 0) is 27.8 Å². The van der Waals surface area contributed by atoms with E-state index in [0.717, 1.165) is 5.56 Å². The second-order valence-electron chi connectivity index (χ2n) is 6.30. The molecule has 0 atom stereocenters. The van der Waals surface area contributed by atoms with Gasteiger partial charge in [0, 0.05) is 33.8 Å². The van der Waals surface area contributed by atoms with Gasteiger partial charge in [-0.1, -0.05) is 42.0 Å². The average Bonchev–Trinajstić information content (AvgIpc) is 2.68. The molecule has 0 heterocycles. The van der Waals surface area contributed by atoms with Crippen molar-refractivity contribution >= 4 is 40.0 Å². The molecule has 0 aliphatic carbocycles. The maximum Gasteiger partial charge on any atom is 0.240 e. The fourth-order valence-corrected chi connectivity index (χ4v) is 3.58. The van der Waals surface area contributed by atoms with E-state index in [4.69, 9.17) is 4.74 Å². The van der Waals surface area contributed by atoms with Gasteiger partial charge in [0.1, 0.15) is 0 Å². The summed E-state index contributed by atoms with van der Waals surface area (Å²) in [4.78, 5) is 4.45. The molecule has 9 heteroatoms. The highest BCUT2D eigenvalue weighted by Crippen LogP contribution is 2.10. The monoisotopic (exact) mass is 532 g/mol. The molecule has 0 aromatic heterocycles. The van der Waals surface area contributed by atoms with Crippen LogP contribution >= 0.6 is 24.0 Å². The highest BCUT2D eigenvalue weighted by Gasteiger charge is 2.12. The summed E-state index contributed by atoms with van der Waals surface area (Å²) in [7, 11) is -0.272. The molecule has 0 aliphatic heterocycles. The van der Waals surface area contributed by atoms with Crippen LogP contribution in [0.25, 0.3) is 0 Å². The second-order valence-corrected chi connectivity index (χ2v) is 8.07. The molecule has 0 aliphatic rings. The first-order valence-corrected chi connectivity index (χ1v) is 10.5. The minimum atomic E-state index is -3.51. The Hall–Kier alpha value is -1.69. The lowest BCUT2D eigenvalue weighted by Gasteiger charge is -2.13. The number of methoxy groups -OCH3 is 1. The minimum absolute atomic E-state index is 0. The van der Waals surface area contributed by atoms with Crippen LogP contribution in [0.15, 0.2) is 58.4 Å². The van der Waals surface area contributed by atoms with Crippen molar-refractivity contribution in [3.8, 4) is 0 Å². The summed E-state index contributed by atoms with van der Waals surface area (Å²) in [6.45, 7) is 3.84. The summed E-state index contributed by atoms with van der Waals surface area (Å²) < 4.78 is 31.7. The van der Waals surface area contributed by atoms with Crippen molar-refractivity contribution in [2.45, 2.75) is 24.9 Å². The Balaban J connectivity index is 0.00000420. The molecule has 0 amide bonds. The van der Waals surface area contributed by atoms with E-state index in [1.165, 1.54) is 18.2 Å². The normalized spacial score (nSPS) is 11.6. The number of halogens is 1.